The molecule has 0 unspecified atom stereocenters. The van der Waals surface area contributed by atoms with Crippen molar-refractivity contribution in [2.75, 3.05) is 0 Å². The molecular formula is C26H37BrO7. The number of halogens is 1. The van der Waals surface area contributed by atoms with Crippen molar-refractivity contribution < 1.29 is 34.5 Å². The smallest absolute Gasteiger partial charge is 0.307 e. The van der Waals surface area contributed by atoms with E-state index in [0.717, 1.165) is 12.8 Å². The van der Waals surface area contributed by atoms with Gasteiger partial charge in [0, 0.05) is 12.3 Å². The van der Waals surface area contributed by atoms with Crippen molar-refractivity contribution >= 4 is 39.6 Å². The predicted octanol–water partition coefficient (Wildman–Crippen LogP) is 4.71. The summed E-state index contributed by atoms with van der Waals surface area (Å²) in [6.45, 7) is 6.25. The third-order valence-electron chi connectivity index (χ3n) is 10.9. The first kappa shape index (κ1) is 25.6. The molecule has 0 spiro atoms. The summed E-state index contributed by atoms with van der Waals surface area (Å²) in [5, 5.41) is 29.2. The normalized spacial score (nSPS) is 46.6. The highest BCUT2D eigenvalue weighted by Crippen LogP contribution is 2.70. The van der Waals surface area contributed by atoms with E-state index in [1.165, 1.54) is 0 Å². The molecule has 4 saturated carbocycles. The molecule has 11 atom stereocenters. The number of hydrogen-bond donors (Lipinski definition) is 3. The lowest BCUT2D eigenvalue weighted by molar-refractivity contribution is -0.181. The van der Waals surface area contributed by atoms with E-state index in [1.54, 1.807) is 0 Å². The van der Waals surface area contributed by atoms with E-state index in [2.05, 4.69) is 22.9 Å². The number of aliphatic carboxylic acids is 3. The SMILES string of the molecule is C[C@@H](CCC(=O)O)[C@H]1CC[C@H]2[C@@H]3C(=O)[C@H](Br)[C@@H]4C[C@H](C(=O)O)CC[C@]4(C)[C@H]3C[C@H](C(=O)O)[C@]12C. The van der Waals surface area contributed by atoms with Crippen molar-refractivity contribution in [1.29, 1.82) is 0 Å². The molecule has 0 radical (unpaired) electrons. The highest BCUT2D eigenvalue weighted by molar-refractivity contribution is 9.10. The lowest BCUT2D eigenvalue weighted by Crippen LogP contribution is -2.63. The molecule has 0 saturated heterocycles. The summed E-state index contributed by atoms with van der Waals surface area (Å²) >= 11 is 3.69. The van der Waals surface area contributed by atoms with Gasteiger partial charge in [0.15, 0.2) is 0 Å². The van der Waals surface area contributed by atoms with Crippen LogP contribution >= 0.6 is 15.9 Å². The number of carbonyl (C=O) groups is 4. The van der Waals surface area contributed by atoms with Crippen LogP contribution in [0.25, 0.3) is 0 Å². The van der Waals surface area contributed by atoms with Gasteiger partial charge in [-0.1, -0.05) is 36.7 Å². The molecule has 4 rings (SSSR count). The molecular weight excluding hydrogens is 504 g/mol. The number of carboxylic acids is 3. The van der Waals surface area contributed by atoms with Crippen LogP contribution in [0.2, 0.25) is 0 Å². The summed E-state index contributed by atoms with van der Waals surface area (Å²) in [5.74, 6) is -3.74. The highest BCUT2D eigenvalue weighted by atomic mass is 79.9. The van der Waals surface area contributed by atoms with E-state index >= 15 is 0 Å². The molecule has 4 aliphatic carbocycles. The summed E-state index contributed by atoms with van der Waals surface area (Å²) < 4.78 is 0. The molecule has 190 valence electrons. The Hall–Kier alpha value is -1.44. The number of hydrogen-bond acceptors (Lipinski definition) is 4. The van der Waals surface area contributed by atoms with E-state index < -0.39 is 40.0 Å². The van der Waals surface area contributed by atoms with Gasteiger partial charge in [0.05, 0.1) is 16.7 Å². The number of rotatable bonds is 6. The molecule has 0 aromatic heterocycles. The summed E-state index contributed by atoms with van der Waals surface area (Å²) in [7, 11) is 0. The molecule has 34 heavy (non-hydrogen) atoms. The molecule has 0 amide bonds. The van der Waals surface area contributed by atoms with Crippen molar-refractivity contribution in [3.05, 3.63) is 0 Å². The molecule has 4 fully saturated rings. The number of alkyl halides is 1. The zero-order valence-corrected chi connectivity index (χ0v) is 21.8. The fraction of sp³-hybridized carbons (Fsp3) is 0.846. The van der Waals surface area contributed by atoms with E-state index in [0.29, 0.717) is 32.1 Å². The van der Waals surface area contributed by atoms with E-state index in [9.17, 15) is 34.5 Å². The lowest BCUT2D eigenvalue weighted by atomic mass is 9.41. The van der Waals surface area contributed by atoms with Crippen LogP contribution in [0.5, 0.6) is 0 Å². The zero-order chi connectivity index (χ0) is 25.2. The average molecular weight is 541 g/mol. The fourth-order valence-corrected chi connectivity index (χ4v) is 10.2. The second-order valence-corrected chi connectivity index (χ2v) is 13.0. The average Bonchev–Trinajstić information content (AvgIpc) is 3.12. The van der Waals surface area contributed by atoms with Crippen LogP contribution < -0.4 is 0 Å². The van der Waals surface area contributed by atoms with E-state index in [4.69, 9.17) is 0 Å². The maximum absolute atomic E-state index is 13.9. The topological polar surface area (TPSA) is 129 Å². The van der Waals surface area contributed by atoms with Gasteiger partial charge in [-0.05, 0) is 85.4 Å². The second kappa shape index (κ2) is 8.90. The molecule has 0 aromatic rings. The Balaban J connectivity index is 1.71. The summed E-state index contributed by atoms with van der Waals surface area (Å²) in [4.78, 5) is 49.0. The predicted molar refractivity (Wildman–Crippen MR) is 127 cm³/mol. The van der Waals surface area contributed by atoms with Gasteiger partial charge in [0.2, 0.25) is 0 Å². The van der Waals surface area contributed by atoms with Crippen LogP contribution in [0, 0.1) is 58.2 Å². The largest absolute Gasteiger partial charge is 0.481 e. The van der Waals surface area contributed by atoms with E-state index in [-0.39, 0.29) is 53.1 Å². The molecule has 0 bridgehead atoms. The molecule has 7 nitrogen and oxygen atoms in total. The van der Waals surface area contributed by atoms with Gasteiger partial charge in [-0.3, -0.25) is 19.2 Å². The molecule has 0 aromatic carbocycles. The van der Waals surface area contributed by atoms with Crippen molar-refractivity contribution in [1.82, 2.24) is 0 Å². The third-order valence-corrected chi connectivity index (χ3v) is 11.9. The highest BCUT2D eigenvalue weighted by Gasteiger charge is 2.69. The van der Waals surface area contributed by atoms with Crippen LogP contribution in [-0.4, -0.2) is 43.8 Å². The van der Waals surface area contributed by atoms with Crippen LogP contribution in [0.15, 0.2) is 0 Å². The molecule has 8 heteroatoms. The van der Waals surface area contributed by atoms with Gasteiger partial charge >= 0.3 is 17.9 Å². The number of ketones is 1. The van der Waals surface area contributed by atoms with Gasteiger partial charge in [-0.15, -0.1) is 0 Å². The maximum Gasteiger partial charge on any atom is 0.307 e. The van der Waals surface area contributed by atoms with Crippen LogP contribution in [0.1, 0.15) is 72.1 Å². The van der Waals surface area contributed by atoms with Crippen molar-refractivity contribution in [3.8, 4) is 0 Å². The minimum atomic E-state index is -0.842. The van der Waals surface area contributed by atoms with Crippen LogP contribution in [0.4, 0.5) is 0 Å². The summed E-state index contributed by atoms with van der Waals surface area (Å²) in [6.07, 6.45) is 4.32. The Morgan fingerprint density at radius 2 is 1.68 bits per heavy atom. The first-order chi connectivity index (χ1) is 15.8. The first-order valence-corrected chi connectivity index (χ1v) is 13.6. The molecule has 3 N–H and O–H groups in total. The van der Waals surface area contributed by atoms with Crippen LogP contribution in [-0.2, 0) is 19.2 Å². The fourth-order valence-electron chi connectivity index (χ4n) is 9.05. The van der Waals surface area contributed by atoms with Gasteiger partial charge < -0.3 is 15.3 Å². The van der Waals surface area contributed by atoms with E-state index in [1.807, 2.05) is 13.8 Å². The lowest BCUT2D eigenvalue weighted by Gasteiger charge is -2.62. The standard InChI is InChI=1S/C26H37BrO7/c1-12(4-7-19(28)29)14-5-6-15-20-16(11-18(24(33)34)26(14,15)3)25(2)9-8-13(23(31)32)10-17(25)21(27)22(20)30/h12-18,20-21H,4-11H2,1-3H3,(H,28,29)(H,31,32)(H,33,34)/t12-,13+,14+,15-,16-,17-,18+,20-,21+,25+,26+/m0/s1. The molecule has 4 aliphatic rings. The minimum Gasteiger partial charge on any atom is -0.481 e. The molecule has 0 aliphatic heterocycles. The van der Waals surface area contributed by atoms with Crippen molar-refractivity contribution in [3.63, 3.8) is 0 Å². The van der Waals surface area contributed by atoms with Gasteiger partial charge in [-0.25, -0.2) is 0 Å². The Bertz CT molecular complexity index is 888. The molecule has 0 heterocycles. The number of fused-ring (bicyclic) bond motifs is 5. The Kier molecular flexibility index (Phi) is 6.71. The van der Waals surface area contributed by atoms with Gasteiger partial charge in [-0.2, -0.15) is 0 Å². The summed E-state index contributed by atoms with van der Waals surface area (Å²) in [6, 6.07) is 0. The van der Waals surface area contributed by atoms with Crippen molar-refractivity contribution in [2.24, 2.45) is 58.2 Å². The second-order valence-electron chi connectivity index (χ2n) is 12.1. The van der Waals surface area contributed by atoms with Crippen molar-refractivity contribution in [2.45, 2.75) is 77.0 Å². The number of carbonyl (C=O) groups excluding carboxylic acids is 1. The number of carboxylic acid groups (broad SMARTS) is 3. The first-order valence-electron chi connectivity index (χ1n) is 12.7. The Morgan fingerprint density at radius 1 is 1.00 bits per heavy atom. The minimum absolute atomic E-state index is 0.0489. The monoisotopic (exact) mass is 540 g/mol. The Morgan fingerprint density at radius 3 is 2.26 bits per heavy atom. The summed E-state index contributed by atoms with van der Waals surface area (Å²) in [5.41, 5.74) is -0.838. The van der Waals surface area contributed by atoms with Crippen LogP contribution in [0.3, 0.4) is 0 Å². The number of Topliss-reactive ketones (excluding diaryl/α,β-unsaturated/α-hetero) is 1. The van der Waals surface area contributed by atoms with Gasteiger partial charge in [0.1, 0.15) is 5.78 Å². The third kappa shape index (κ3) is 3.73. The Labute approximate surface area is 209 Å². The van der Waals surface area contributed by atoms with Gasteiger partial charge in [0.25, 0.3) is 0 Å². The maximum atomic E-state index is 13.9. The quantitative estimate of drug-likeness (QED) is 0.416. The zero-order valence-electron chi connectivity index (χ0n) is 20.2.